The quantitative estimate of drug-likeness (QED) is 0.222. The number of aliphatic hydroxyl groups excluding tert-OH is 1. The van der Waals surface area contributed by atoms with Crippen LogP contribution in [0.15, 0.2) is 0 Å². The molecule has 0 rings (SSSR count). The second-order valence-electron chi connectivity index (χ2n) is 9.36. The van der Waals surface area contributed by atoms with Gasteiger partial charge in [-0.05, 0) is 25.7 Å². The number of carboxylic acid groups (broad SMARTS) is 1. The number of aliphatic carboxylic acids is 1. The van der Waals surface area contributed by atoms with Crippen LogP contribution in [0.1, 0.15) is 116 Å². The second-order valence-corrected chi connectivity index (χ2v) is 9.36. The molecule has 0 saturated heterocycles. The van der Waals surface area contributed by atoms with E-state index in [-0.39, 0.29) is 12.5 Å². The third kappa shape index (κ3) is 20.1. The minimum atomic E-state index is -0.965. The van der Waals surface area contributed by atoms with E-state index in [2.05, 4.69) is 21.0 Å². The van der Waals surface area contributed by atoms with Crippen LogP contribution >= 0.6 is 0 Å². The maximum absolute atomic E-state index is 10.4. The molecule has 1 N–H and O–H groups in total. The second kappa shape index (κ2) is 18.4. The first-order valence-corrected chi connectivity index (χ1v) is 12.1. The van der Waals surface area contributed by atoms with E-state index in [0.29, 0.717) is 6.42 Å². The Balaban J connectivity index is 3.44. The molecule has 0 amide bonds. The number of likely N-dealkylation sites (N-methyl/N-ethyl adjacent to an activating group) is 1. The normalized spacial score (nSPS) is 13.0. The van der Waals surface area contributed by atoms with E-state index >= 15 is 0 Å². The zero-order chi connectivity index (χ0) is 21.1. The lowest BCUT2D eigenvalue weighted by Crippen LogP contribution is -2.46. The molecule has 0 saturated carbocycles. The molecule has 0 aromatic carbocycles. The van der Waals surface area contributed by atoms with Gasteiger partial charge in [0.05, 0.1) is 20.6 Å². The molecule has 0 bridgehead atoms. The molecule has 0 aliphatic carbocycles. The average Bonchev–Trinajstić information content (AvgIpc) is 2.62. The van der Waals surface area contributed by atoms with Gasteiger partial charge in [-0.1, -0.05) is 90.4 Å². The maximum Gasteiger partial charge on any atom is 0.105 e. The summed E-state index contributed by atoms with van der Waals surface area (Å²) in [4.78, 5) is 10.4. The Morgan fingerprint density at radius 3 is 1.71 bits per heavy atom. The van der Waals surface area contributed by atoms with E-state index in [1.54, 1.807) is 0 Å². The molecule has 0 fully saturated rings. The minimum absolute atomic E-state index is 0.140. The number of rotatable bonds is 21. The molecule has 0 spiro atoms. The molecule has 0 aliphatic rings. The number of carboxylic acids is 1. The Morgan fingerprint density at radius 2 is 1.25 bits per heavy atom. The predicted octanol–water partition coefficient (Wildman–Crippen LogP) is 4.83. The Kier molecular flexibility index (Phi) is 18.0. The average molecular weight is 400 g/mol. The number of hydrogen-bond donors (Lipinski definition) is 1. The Hall–Kier alpha value is -0.610. The summed E-state index contributed by atoms with van der Waals surface area (Å²) < 4.78 is 0.757. The molecule has 1 atom stereocenters. The van der Waals surface area contributed by atoms with Gasteiger partial charge < -0.3 is 19.5 Å². The van der Waals surface area contributed by atoms with Crippen molar-refractivity contribution in [3.63, 3.8) is 0 Å². The van der Waals surface area contributed by atoms with Crippen LogP contribution in [-0.4, -0.2) is 48.8 Å². The molecule has 0 radical (unpaired) electrons. The van der Waals surface area contributed by atoms with Crippen molar-refractivity contribution in [2.75, 3.05) is 27.2 Å². The topological polar surface area (TPSA) is 60.4 Å². The highest BCUT2D eigenvalue weighted by atomic mass is 16.4. The van der Waals surface area contributed by atoms with E-state index in [4.69, 9.17) is 0 Å². The Labute approximate surface area is 175 Å². The van der Waals surface area contributed by atoms with E-state index in [1.807, 2.05) is 0 Å². The molecular weight excluding hydrogens is 350 g/mol. The van der Waals surface area contributed by atoms with E-state index in [0.717, 1.165) is 36.8 Å². The van der Waals surface area contributed by atoms with E-state index in [1.165, 1.54) is 77.0 Å². The lowest BCUT2D eigenvalue weighted by atomic mass is 10.0. The summed E-state index contributed by atoms with van der Waals surface area (Å²) in [6.45, 7) is 3.93. The first kappa shape index (κ1) is 27.4. The Morgan fingerprint density at radius 1 is 0.786 bits per heavy atom. The zero-order valence-corrected chi connectivity index (χ0v) is 19.2. The fourth-order valence-corrected chi connectivity index (χ4v) is 3.96. The monoisotopic (exact) mass is 399 g/mol. The van der Waals surface area contributed by atoms with E-state index < -0.39 is 5.97 Å². The van der Waals surface area contributed by atoms with Crippen molar-refractivity contribution in [3.8, 4) is 0 Å². The number of aliphatic hydroxyl groups is 1. The number of carbonyl (C=O) groups is 1. The molecule has 28 heavy (non-hydrogen) atoms. The first-order valence-electron chi connectivity index (χ1n) is 12.1. The SMILES string of the molecule is CCCCCCCCCCCCCCCC(O)C[N+](C)(C)CCCCC(=O)[O-]. The van der Waals surface area contributed by atoms with Gasteiger partial charge in [0, 0.05) is 5.97 Å². The molecule has 0 heterocycles. The standard InChI is InChI=1S/C24H49NO3/c1-4-5-6-7-8-9-10-11-12-13-14-15-16-19-23(26)22-25(2,3)21-18-17-20-24(27)28/h23,26H,4-22H2,1-3H3. The molecule has 0 aromatic rings. The molecule has 0 aliphatic heterocycles. The molecule has 4 heteroatoms. The summed E-state index contributed by atoms with van der Waals surface area (Å²) in [6, 6.07) is 0. The van der Waals surface area contributed by atoms with Crippen molar-refractivity contribution in [1.82, 2.24) is 0 Å². The largest absolute Gasteiger partial charge is 0.550 e. The molecule has 1 unspecified atom stereocenters. The van der Waals surface area contributed by atoms with Crippen LogP contribution in [0.5, 0.6) is 0 Å². The third-order valence-electron chi connectivity index (χ3n) is 5.74. The highest BCUT2D eigenvalue weighted by Gasteiger charge is 2.19. The van der Waals surface area contributed by atoms with Crippen molar-refractivity contribution in [3.05, 3.63) is 0 Å². The summed E-state index contributed by atoms with van der Waals surface area (Å²) in [7, 11) is 4.23. The fourth-order valence-electron chi connectivity index (χ4n) is 3.96. The van der Waals surface area contributed by atoms with Gasteiger partial charge in [-0.15, -0.1) is 0 Å². The molecule has 168 valence electrons. The fraction of sp³-hybridized carbons (Fsp3) is 0.958. The van der Waals surface area contributed by atoms with Crippen LogP contribution < -0.4 is 5.11 Å². The van der Waals surface area contributed by atoms with Crippen LogP contribution in [-0.2, 0) is 4.79 Å². The smallest absolute Gasteiger partial charge is 0.105 e. The van der Waals surface area contributed by atoms with E-state index in [9.17, 15) is 15.0 Å². The van der Waals surface area contributed by atoms with Crippen molar-refractivity contribution in [2.24, 2.45) is 0 Å². The van der Waals surface area contributed by atoms with Crippen LogP contribution in [0.3, 0.4) is 0 Å². The summed E-state index contributed by atoms with van der Waals surface area (Å²) >= 11 is 0. The maximum atomic E-state index is 10.4. The summed E-state index contributed by atoms with van der Waals surface area (Å²) in [5.74, 6) is -0.965. The zero-order valence-electron chi connectivity index (χ0n) is 19.2. The van der Waals surface area contributed by atoms with Gasteiger partial charge in [-0.3, -0.25) is 0 Å². The Bertz CT molecular complexity index is 358. The van der Waals surface area contributed by atoms with Gasteiger partial charge in [-0.25, -0.2) is 0 Å². The van der Waals surface area contributed by atoms with Gasteiger partial charge in [0.15, 0.2) is 0 Å². The van der Waals surface area contributed by atoms with Gasteiger partial charge in [0.1, 0.15) is 12.6 Å². The molecule has 0 aromatic heterocycles. The van der Waals surface area contributed by atoms with Crippen molar-refractivity contribution < 1.29 is 19.5 Å². The van der Waals surface area contributed by atoms with Gasteiger partial charge >= 0.3 is 0 Å². The lowest BCUT2D eigenvalue weighted by Gasteiger charge is -2.32. The number of hydrogen-bond acceptors (Lipinski definition) is 3. The molecule has 4 nitrogen and oxygen atoms in total. The first-order chi connectivity index (χ1) is 13.4. The predicted molar refractivity (Wildman–Crippen MR) is 117 cm³/mol. The van der Waals surface area contributed by atoms with Crippen LogP contribution in [0, 0.1) is 0 Å². The number of unbranched alkanes of at least 4 members (excludes halogenated alkanes) is 13. The van der Waals surface area contributed by atoms with Crippen molar-refractivity contribution in [2.45, 2.75) is 122 Å². The summed E-state index contributed by atoms with van der Waals surface area (Å²) in [5, 5.41) is 20.7. The van der Waals surface area contributed by atoms with Gasteiger partial charge in [0.2, 0.25) is 0 Å². The van der Waals surface area contributed by atoms with Crippen LogP contribution in [0.4, 0.5) is 0 Å². The van der Waals surface area contributed by atoms with Crippen LogP contribution in [0.25, 0.3) is 0 Å². The summed E-state index contributed by atoms with van der Waals surface area (Å²) in [5.41, 5.74) is 0. The highest BCUT2D eigenvalue weighted by molar-refractivity contribution is 5.64. The van der Waals surface area contributed by atoms with Gasteiger partial charge in [0.25, 0.3) is 0 Å². The van der Waals surface area contributed by atoms with Crippen molar-refractivity contribution >= 4 is 5.97 Å². The van der Waals surface area contributed by atoms with Crippen molar-refractivity contribution in [1.29, 1.82) is 0 Å². The van der Waals surface area contributed by atoms with Crippen LogP contribution in [0.2, 0.25) is 0 Å². The lowest BCUT2D eigenvalue weighted by molar-refractivity contribution is -0.893. The number of nitrogens with zero attached hydrogens (tertiary/aromatic N) is 1. The summed E-state index contributed by atoms with van der Waals surface area (Å²) in [6.07, 6.45) is 19.9. The number of carbonyl (C=O) groups excluding carboxylic acids is 1. The highest BCUT2D eigenvalue weighted by Crippen LogP contribution is 2.14. The molecular formula is C24H49NO3. The minimum Gasteiger partial charge on any atom is -0.550 e. The third-order valence-corrected chi connectivity index (χ3v) is 5.74. The number of quaternary nitrogens is 1. The van der Waals surface area contributed by atoms with Gasteiger partial charge in [-0.2, -0.15) is 0 Å².